The minimum Gasteiger partial charge on any atom is -0.489 e. The number of ether oxygens (including phenoxy) is 3. The molecule has 10 heteroatoms. The summed E-state index contributed by atoms with van der Waals surface area (Å²) in [6.45, 7) is 3.69. The van der Waals surface area contributed by atoms with E-state index in [4.69, 9.17) is 37.4 Å². The molecule has 0 fully saturated rings. The van der Waals surface area contributed by atoms with Gasteiger partial charge in [0, 0.05) is 20.5 Å². The minimum absolute atomic E-state index is 0.0593. The van der Waals surface area contributed by atoms with Crippen molar-refractivity contribution in [2.24, 2.45) is 0 Å². The molecule has 0 spiro atoms. The van der Waals surface area contributed by atoms with Crippen LogP contribution in [0.4, 0.5) is 5.00 Å². The number of hydrogen-bond donors (Lipinski definition) is 1. The predicted molar refractivity (Wildman–Crippen MR) is 132 cm³/mol. The van der Waals surface area contributed by atoms with Gasteiger partial charge in [0.15, 0.2) is 0 Å². The number of rotatable bonds is 8. The zero-order valence-corrected chi connectivity index (χ0v) is 20.7. The first-order valence-corrected chi connectivity index (χ1v) is 11.9. The van der Waals surface area contributed by atoms with Crippen LogP contribution in [0, 0.1) is 0 Å². The molecule has 178 valence electrons. The van der Waals surface area contributed by atoms with Crippen LogP contribution in [-0.4, -0.2) is 31.1 Å². The highest BCUT2D eigenvalue weighted by molar-refractivity contribution is 7.20. The summed E-state index contributed by atoms with van der Waals surface area (Å²) in [5.74, 6) is -2.02. The summed E-state index contributed by atoms with van der Waals surface area (Å²) < 4.78 is 15.6. The molecule has 1 aromatic heterocycles. The van der Waals surface area contributed by atoms with Gasteiger partial charge in [0.25, 0.3) is 0 Å². The molecule has 0 aliphatic heterocycles. The van der Waals surface area contributed by atoms with Gasteiger partial charge in [0.2, 0.25) is 0 Å². The molecule has 0 atom stereocenters. The molecular formula is C24H21Cl2NO6S. The van der Waals surface area contributed by atoms with Crippen LogP contribution in [0.2, 0.25) is 10.0 Å². The average Bonchev–Trinajstić information content (AvgIpc) is 3.23. The standard InChI is InChI=1S/C24H21Cl2NO6S/c1-3-31-23(29)16-12-20(34-22(16)27-21(28)24(30)32-4-2)14-8-10-15(11-9-14)33-13-17-18(25)6-5-7-19(17)26/h5-12H,3-4,13H2,1-2H3,(H,27,28). The van der Waals surface area contributed by atoms with Gasteiger partial charge in [-0.1, -0.05) is 29.3 Å². The molecule has 3 rings (SSSR count). The second-order valence-corrected chi connectivity index (χ2v) is 8.63. The second-order valence-electron chi connectivity index (χ2n) is 6.76. The number of halogens is 2. The third-order valence-electron chi connectivity index (χ3n) is 4.50. The van der Waals surface area contributed by atoms with Crippen LogP contribution >= 0.6 is 34.5 Å². The molecule has 1 heterocycles. The number of anilines is 1. The highest BCUT2D eigenvalue weighted by atomic mass is 35.5. The summed E-state index contributed by atoms with van der Waals surface area (Å²) in [6, 6.07) is 14.0. The number of carbonyl (C=O) groups excluding carboxylic acids is 3. The second kappa shape index (κ2) is 11.9. The first-order chi connectivity index (χ1) is 16.3. The van der Waals surface area contributed by atoms with Gasteiger partial charge in [-0.15, -0.1) is 11.3 Å². The van der Waals surface area contributed by atoms with Crippen molar-refractivity contribution in [3.63, 3.8) is 0 Å². The highest BCUT2D eigenvalue weighted by Crippen LogP contribution is 2.37. The maximum Gasteiger partial charge on any atom is 0.397 e. The quantitative estimate of drug-likeness (QED) is 0.289. The van der Waals surface area contributed by atoms with Crippen LogP contribution in [0.15, 0.2) is 48.5 Å². The fourth-order valence-corrected chi connectivity index (χ4v) is 4.43. The molecule has 3 aromatic rings. The van der Waals surface area contributed by atoms with Gasteiger partial charge in [-0.25, -0.2) is 9.59 Å². The lowest BCUT2D eigenvalue weighted by Crippen LogP contribution is -2.25. The van der Waals surface area contributed by atoms with Gasteiger partial charge in [-0.05, 0) is 61.9 Å². The fraction of sp³-hybridized carbons (Fsp3) is 0.208. The third-order valence-corrected chi connectivity index (χ3v) is 6.31. The molecule has 0 aliphatic rings. The molecule has 0 radical (unpaired) electrons. The molecule has 34 heavy (non-hydrogen) atoms. The summed E-state index contributed by atoms with van der Waals surface area (Å²) in [6.07, 6.45) is 0. The van der Waals surface area contributed by atoms with Gasteiger partial charge in [-0.3, -0.25) is 4.79 Å². The first-order valence-electron chi connectivity index (χ1n) is 10.3. The molecule has 1 N–H and O–H groups in total. The molecule has 0 saturated carbocycles. The lowest BCUT2D eigenvalue weighted by atomic mass is 10.1. The Morgan fingerprint density at radius 1 is 0.941 bits per heavy atom. The van der Waals surface area contributed by atoms with Crippen molar-refractivity contribution in [3.8, 4) is 16.2 Å². The van der Waals surface area contributed by atoms with Gasteiger partial charge in [0.05, 0.1) is 18.8 Å². The zero-order valence-electron chi connectivity index (χ0n) is 18.4. The molecule has 0 bridgehead atoms. The monoisotopic (exact) mass is 521 g/mol. The molecule has 0 saturated heterocycles. The van der Waals surface area contributed by atoms with E-state index in [1.54, 1.807) is 62.4 Å². The molecule has 2 aromatic carbocycles. The fourth-order valence-electron chi connectivity index (χ4n) is 2.88. The number of carbonyl (C=O) groups is 3. The first kappa shape index (κ1) is 25.6. The van der Waals surface area contributed by atoms with E-state index in [0.717, 1.165) is 16.9 Å². The third kappa shape index (κ3) is 6.28. The van der Waals surface area contributed by atoms with E-state index in [1.807, 2.05) is 0 Å². The summed E-state index contributed by atoms with van der Waals surface area (Å²) in [5, 5.41) is 3.67. The Balaban J connectivity index is 1.79. The van der Waals surface area contributed by atoms with Crippen LogP contribution in [0.5, 0.6) is 5.75 Å². The summed E-state index contributed by atoms with van der Waals surface area (Å²) >= 11 is 13.5. The van der Waals surface area contributed by atoms with Crippen molar-refractivity contribution in [1.82, 2.24) is 0 Å². The average molecular weight is 522 g/mol. The number of thiophene rings is 1. The number of benzene rings is 2. The maximum atomic E-state index is 12.4. The SMILES string of the molecule is CCOC(=O)C(=O)Nc1sc(-c2ccc(OCc3c(Cl)cccc3Cl)cc2)cc1C(=O)OCC. The van der Waals surface area contributed by atoms with Gasteiger partial charge in [-0.2, -0.15) is 0 Å². The summed E-state index contributed by atoms with van der Waals surface area (Å²) in [4.78, 5) is 36.9. The van der Waals surface area contributed by atoms with E-state index >= 15 is 0 Å². The largest absolute Gasteiger partial charge is 0.489 e. The highest BCUT2D eigenvalue weighted by Gasteiger charge is 2.23. The van der Waals surface area contributed by atoms with Crippen LogP contribution in [0.3, 0.4) is 0 Å². The lowest BCUT2D eigenvalue weighted by Gasteiger charge is -2.10. The Hall–Kier alpha value is -3.07. The van der Waals surface area contributed by atoms with Crippen LogP contribution in [0.25, 0.3) is 10.4 Å². The van der Waals surface area contributed by atoms with Crippen LogP contribution < -0.4 is 10.1 Å². The van der Waals surface area contributed by atoms with Crippen molar-refractivity contribution in [3.05, 3.63) is 69.7 Å². The number of hydrogen-bond acceptors (Lipinski definition) is 7. The van der Waals surface area contributed by atoms with E-state index in [0.29, 0.717) is 26.2 Å². The van der Waals surface area contributed by atoms with E-state index < -0.39 is 17.8 Å². The Kier molecular flexibility index (Phi) is 8.92. The number of esters is 2. The number of nitrogens with one attached hydrogen (secondary N) is 1. The van der Waals surface area contributed by atoms with Crippen LogP contribution in [-0.2, 0) is 25.7 Å². The normalized spacial score (nSPS) is 10.5. The molecule has 0 aliphatic carbocycles. The maximum absolute atomic E-state index is 12.4. The van der Waals surface area contributed by atoms with Crippen LogP contribution in [0.1, 0.15) is 29.8 Å². The van der Waals surface area contributed by atoms with Crippen molar-refractivity contribution in [2.45, 2.75) is 20.5 Å². The molecule has 0 unspecified atom stereocenters. The van der Waals surface area contributed by atoms with Gasteiger partial charge >= 0.3 is 17.8 Å². The Bertz CT molecular complexity index is 1170. The topological polar surface area (TPSA) is 90.9 Å². The lowest BCUT2D eigenvalue weighted by molar-refractivity contribution is -0.152. The van der Waals surface area contributed by atoms with Crippen molar-refractivity contribution in [2.75, 3.05) is 18.5 Å². The summed E-state index contributed by atoms with van der Waals surface area (Å²) in [7, 11) is 0. The summed E-state index contributed by atoms with van der Waals surface area (Å²) in [5.41, 5.74) is 1.61. The van der Waals surface area contributed by atoms with Gasteiger partial charge < -0.3 is 19.5 Å². The van der Waals surface area contributed by atoms with E-state index in [1.165, 1.54) is 0 Å². The van der Waals surface area contributed by atoms with E-state index in [9.17, 15) is 14.4 Å². The van der Waals surface area contributed by atoms with Crippen molar-refractivity contribution >= 4 is 57.4 Å². The van der Waals surface area contributed by atoms with E-state index in [-0.39, 0.29) is 30.4 Å². The Morgan fingerprint density at radius 2 is 1.59 bits per heavy atom. The Labute approximate surface area is 210 Å². The zero-order chi connectivity index (χ0) is 24.7. The van der Waals surface area contributed by atoms with Crippen molar-refractivity contribution < 1.29 is 28.6 Å². The molecular weight excluding hydrogens is 501 g/mol. The minimum atomic E-state index is -1.03. The molecule has 7 nitrogen and oxygen atoms in total. The van der Waals surface area contributed by atoms with Crippen molar-refractivity contribution in [1.29, 1.82) is 0 Å². The Morgan fingerprint density at radius 3 is 2.21 bits per heavy atom. The van der Waals surface area contributed by atoms with E-state index in [2.05, 4.69) is 5.32 Å². The predicted octanol–water partition coefficient (Wildman–Crippen LogP) is 5.98. The smallest absolute Gasteiger partial charge is 0.397 e. The van der Waals surface area contributed by atoms with Gasteiger partial charge in [0.1, 0.15) is 17.4 Å². The molecule has 1 amide bonds. The number of amides is 1.